The summed E-state index contributed by atoms with van der Waals surface area (Å²) in [7, 11) is 3.78. The van der Waals surface area contributed by atoms with Crippen LogP contribution in [0.5, 0.6) is 0 Å². The minimum atomic E-state index is 0.867. The summed E-state index contributed by atoms with van der Waals surface area (Å²) in [5, 5.41) is 2.98. The van der Waals surface area contributed by atoms with Crippen molar-refractivity contribution in [3.63, 3.8) is 0 Å². The number of hydrogen-bond acceptors (Lipinski definition) is 3. The maximum atomic E-state index is 4.34. The predicted molar refractivity (Wildman–Crippen MR) is 48.1 cm³/mol. The monoisotopic (exact) mass is 162 g/mol. The SMILES string of the molecule is CNc1ccc2ncn(C)c2n1. The Morgan fingerprint density at radius 2 is 2.25 bits per heavy atom. The Hall–Kier alpha value is -1.58. The highest BCUT2D eigenvalue weighted by Gasteiger charge is 2.00. The molecule has 0 spiro atoms. The lowest BCUT2D eigenvalue weighted by atomic mass is 10.4. The summed E-state index contributed by atoms with van der Waals surface area (Å²) in [6, 6.07) is 3.86. The summed E-state index contributed by atoms with van der Waals surface area (Å²) < 4.78 is 1.90. The molecule has 0 aliphatic carbocycles. The van der Waals surface area contributed by atoms with Gasteiger partial charge in [0.1, 0.15) is 11.3 Å². The molecule has 2 aromatic rings. The van der Waals surface area contributed by atoms with Gasteiger partial charge >= 0.3 is 0 Å². The van der Waals surface area contributed by atoms with Crippen molar-refractivity contribution in [2.75, 3.05) is 12.4 Å². The molecule has 0 amide bonds. The third-order valence-corrected chi connectivity index (χ3v) is 1.81. The molecule has 0 aliphatic heterocycles. The summed E-state index contributed by atoms with van der Waals surface area (Å²) in [4.78, 5) is 8.51. The number of hydrogen-bond donors (Lipinski definition) is 1. The molecule has 4 nitrogen and oxygen atoms in total. The summed E-state index contributed by atoms with van der Waals surface area (Å²) in [5.41, 5.74) is 1.83. The Balaban J connectivity index is 2.71. The van der Waals surface area contributed by atoms with Gasteiger partial charge in [0.25, 0.3) is 0 Å². The van der Waals surface area contributed by atoms with Crippen LogP contribution in [0.3, 0.4) is 0 Å². The fraction of sp³-hybridized carbons (Fsp3) is 0.250. The molecule has 62 valence electrons. The number of anilines is 1. The van der Waals surface area contributed by atoms with Gasteiger partial charge in [0.15, 0.2) is 5.65 Å². The Morgan fingerprint density at radius 3 is 3.00 bits per heavy atom. The van der Waals surface area contributed by atoms with Crippen molar-refractivity contribution in [1.29, 1.82) is 0 Å². The Kier molecular flexibility index (Phi) is 1.46. The van der Waals surface area contributed by atoms with Crippen molar-refractivity contribution < 1.29 is 0 Å². The van der Waals surface area contributed by atoms with Crippen LogP contribution in [0, 0.1) is 0 Å². The molecule has 2 aromatic heterocycles. The molecular formula is C8H10N4. The number of aromatic nitrogens is 3. The molecular weight excluding hydrogens is 152 g/mol. The van der Waals surface area contributed by atoms with E-state index in [1.807, 2.05) is 30.8 Å². The average Bonchev–Trinajstić information content (AvgIpc) is 2.47. The molecule has 0 saturated heterocycles. The van der Waals surface area contributed by atoms with Crippen LogP contribution in [0.15, 0.2) is 18.5 Å². The van der Waals surface area contributed by atoms with Crippen LogP contribution < -0.4 is 5.32 Å². The van der Waals surface area contributed by atoms with Crippen LogP contribution in [0.25, 0.3) is 11.2 Å². The van der Waals surface area contributed by atoms with Gasteiger partial charge in [0.2, 0.25) is 0 Å². The zero-order valence-corrected chi connectivity index (χ0v) is 7.07. The van der Waals surface area contributed by atoms with Crippen LogP contribution in [0.2, 0.25) is 0 Å². The lowest BCUT2D eigenvalue weighted by molar-refractivity contribution is 0.931. The van der Waals surface area contributed by atoms with Gasteiger partial charge in [0, 0.05) is 14.1 Å². The minimum absolute atomic E-state index is 0.867. The minimum Gasteiger partial charge on any atom is -0.373 e. The number of nitrogens with one attached hydrogen (secondary N) is 1. The lowest BCUT2D eigenvalue weighted by Crippen LogP contribution is -1.94. The zero-order valence-electron chi connectivity index (χ0n) is 7.07. The van der Waals surface area contributed by atoms with E-state index in [1.165, 1.54) is 0 Å². The highest BCUT2D eigenvalue weighted by Crippen LogP contribution is 2.11. The highest BCUT2D eigenvalue weighted by atomic mass is 15.1. The van der Waals surface area contributed by atoms with E-state index >= 15 is 0 Å². The van der Waals surface area contributed by atoms with E-state index in [0.29, 0.717) is 0 Å². The quantitative estimate of drug-likeness (QED) is 0.680. The van der Waals surface area contributed by atoms with Gasteiger partial charge in [0.05, 0.1) is 6.33 Å². The first kappa shape index (κ1) is 7.09. The summed E-state index contributed by atoms with van der Waals surface area (Å²) in [6.45, 7) is 0. The smallest absolute Gasteiger partial charge is 0.161 e. The normalized spacial score (nSPS) is 10.5. The second kappa shape index (κ2) is 2.48. The number of pyridine rings is 1. The van der Waals surface area contributed by atoms with Gasteiger partial charge in [-0.15, -0.1) is 0 Å². The Bertz CT molecular complexity index is 404. The average molecular weight is 162 g/mol. The summed E-state index contributed by atoms with van der Waals surface area (Å²) >= 11 is 0. The van der Waals surface area contributed by atoms with E-state index in [4.69, 9.17) is 0 Å². The molecule has 0 aromatic carbocycles. The van der Waals surface area contributed by atoms with Crippen molar-refractivity contribution >= 4 is 17.0 Å². The van der Waals surface area contributed by atoms with Crippen LogP contribution in [-0.4, -0.2) is 21.6 Å². The molecule has 2 rings (SSSR count). The number of nitrogens with zero attached hydrogens (tertiary/aromatic N) is 3. The van der Waals surface area contributed by atoms with Crippen LogP contribution in [-0.2, 0) is 7.05 Å². The van der Waals surface area contributed by atoms with Crippen LogP contribution in [0.4, 0.5) is 5.82 Å². The number of imidazole rings is 1. The molecule has 0 saturated carbocycles. The molecule has 2 heterocycles. The first-order chi connectivity index (χ1) is 5.81. The molecule has 1 N–H and O–H groups in total. The molecule has 0 fully saturated rings. The molecule has 0 atom stereocenters. The highest BCUT2D eigenvalue weighted by molar-refractivity contribution is 5.72. The topological polar surface area (TPSA) is 42.7 Å². The molecule has 4 heteroatoms. The largest absolute Gasteiger partial charge is 0.373 e. The van der Waals surface area contributed by atoms with E-state index in [-0.39, 0.29) is 0 Å². The van der Waals surface area contributed by atoms with Crippen molar-refractivity contribution in [3.8, 4) is 0 Å². The van der Waals surface area contributed by atoms with Crippen molar-refractivity contribution in [3.05, 3.63) is 18.5 Å². The van der Waals surface area contributed by atoms with E-state index in [0.717, 1.165) is 17.0 Å². The first-order valence-electron chi connectivity index (χ1n) is 3.77. The molecule has 12 heavy (non-hydrogen) atoms. The second-order valence-electron chi connectivity index (χ2n) is 2.64. The van der Waals surface area contributed by atoms with Crippen molar-refractivity contribution in [1.82, 2.24) is 14.5 Å². The fourth-order valence-corrected chi connectivity index (χ4v) is 1.14. The fourth-order valence-electron chi connectivity index (χ4n) is 1.14. The lowest BCUT2D eigenvalue weighted by Gasteiger charge is -1.98. The van der Waals surface area contributed by atoms with Gasteiger partial charge in [-0.25, -0.2) is 9.97 Å². The molecule has 0 bridgehead atoms. The number of aryl methyl sites for hydroxylation is 1. The van der Waals surface area contributed by atoms with Gasteiger partial charge < -0.3 is 9.88 Å². The Morgan fingerprint density at radius 1 is 1.42 bits per heavy atom. The van der Waals surface area contributed by atoms with E-state index in [1.54, 1.807) is 6.33 Å². The van der Waals surface area contributed by atoms with E-state index < -0.39 is 0 Å². The predicted octanol–water partition coefficient (Wildman–Crippen LogP) is 1.01. The number of rotatable bonds is 1. The molecule has 0 unspecified atom stereocenters. The van der Waals surface area contributed by atoms with Crippen LogP contribution in [0.1, 0.15) is 0 Å². The summed E-state index contributed by atoms with van der Waals surface area (Å²) in [5.74, 6) is 0.867. The standard InChI is InChI=1S/C8H10N4/c1-9-7-4-3-6-8(11-7)12(2)5-10-6/h3-5H,1-2H3,(H,9,11). The van der Waals surface area contributed by atoms with Crippen molar-refractivity contribution in [2.24, 2.45) is 7.05 Å². The first-order valence-corrected chi connectivity index (χ1v) is 3.77. The summed E-state index contributed by atoms with van der Waals surface area (Å²) in [6.07, 6.45) is 1.76. The van der Waals surface area contributed by atoms with Crippen LogP contribution >= 0.6 is 0 Å². The third-order valence-electron chi connectivity index (χ3n) is 1.81. The second-order valence-corrected chi connectivity index (χ2v) is 2.64. The van der Waals surface area contributed by atoms with Gasteiger partial charge in [-0.1, -0.05) is 0 Å². The third kappa shape index (κ3) is 0.922. The van der Waals surface area contributed by atoms with Gasteiger partial charge in [-0.3, -0.25) is 0 Å². The maximum Gasteiger partial charge on any atom is 0.161 e. The maximum absolute atomic E-state index is 4.34. The molecule has 0 aliphatic rings. The van der Waals surface area contributed by atoms with E-state index in [9.17, 15) is 0 Å². The van der Waals surface area contributed by atoms with E-state index in [2.05, 4.69) is 15.3 Å². The number of fused-ring (bicyclic) bond motifs is 1. The van der Waals surface area contributed by atoms with Gasteiger partial charge in [-0.2, -0.15) is 0 Å². The van der Waals surface area contributed by atoms with Gasteiger partial charge in [-0.05, 0) is 12.1 Å². The molecule has 0 radical (unpaired) electrons. The zero-order chi connectivity index (χ0) is 8.55. The van der Waals surface area contributed by atoms with Crippen molar-refractivity contribution in [2.45, 2.75) is 0 Å². The Labute approximate surface area is 70.3 Å².